The minimum atomic E-state index is 0.255. The van der Waals surface area contributed by atoms with Crippen LogP contribution in [0.4, 0.5) is 5.95 Å². The van der Waals surface area contributed by atoms with Crippen LogP contribution in [0.25, 0.3) is 0 Å². The molecule has 0 aliphatic heterocycles. The van der Waals surface area contributed by atoms with E-state index in [0.717, 1.165) is 17.8 Å². The highest BCUT2D eigenvalue weighted by Gasteiger charge is 2.06. The molecular weight excluding hydrogens is 202 g/mol. The molecule has 2 rings (SSSR count). The van der Waals surface area contributed by atoms with Crippen LogP contribution in [0, 0.1) is 6.92 Å². The van der Waals surface area contributed by atoms with E-state index in [-0.39, 0.29) is 6.04 Å². The van der Waals surface area contributed by atoms with Gasteiger partial charge in [0.2, 0.25) is 5.95 Å². The molecule has 2 aromatic heterocycles. The number of aryl methyl sites for hydroxylation is 1. The standard InChI is InChI=1S/C11H15N5/c1-8(6-10-7-9(2)15-16-10)14-11-12-4-3-5-13-11/h3-5,7-8H,6H2,1-2H3,(H,15,16)(H,12,13,14). The Balaban J connectivity index is 1.92. The highest BCUT2D eigenvalue weighted by Crippen LogP contribution is 2.05. The lowest BCUT2D eigenvalue weighted by molar-refractivity contribution is 0.754. The highest BCUT2D eigenvalue weighted by atomic mass is 15.1. The van der Waals surface area contributed by atoms with Crippen LogP contribution in [0.5, 0.6) is 0 Å². The molecule has 0 bridgehead atoms. The number of nitrogens with zero attached hydrogens (tertiary/aromatic N) is 3. The van der Waals surface area contributed by atoms with Crippen molar-refractivity contribution in [3.05, 3.63) is 35.9 Å². The molecule has 0 saturated heterocycles. The Kier molecular flexibility index (Phi) is 3.14. The number of hydrogen-bond acceptors (Lipinski definition) is 4. The van der Waals surface area contributed by atoms with Crippen LogP contribution in [0.15, 0.2) is 24.5 Å². The topological polar surface area (TPSA) is 66.5 Å². The number of nitrogens with one attached hydrogen (secondary N) is 2. The monoisotopic (exact) mass is 217 g/mol. The number of aromatic nitrogens is 4. The van der Waals surface area contributed by atoms with Gasteiger partial charge in [0, 0.05) is 30.6 Å². The molecule has 0 aliphatic rings. The first-order chi connectivity index (χ1) is 7.74. The van der Waals surface area contributed by atoms with Crippen LogP contribution in [-0.2, 0) is 6.42 Å². The summed E-state index contributed by atoms with van der Waals surface area (Å²) in [4.78, 5) is 8.23. The van der Waals surface area contributed by atoms with Crippen LogP contribution in [0.3, 0.4) is 0 Å². The zero-order valence-corrected chi connectivity index (χ0v) is 9.44. The maximum absolute atomic E-state index is 4.19. The molecule has 0 radical (unpaired) electrons. The average molecular weight is 217 g/mol. The van der Waals surface area contributed by atoms with Crippen molar-refractivity contribution in [2.75, 3.05) is 5.32 Å². The van der Waals surface area contributed by atoms with Crippen LogP contribution in [0.1, 0.15) is 18.3 Å². The predicted octanol–water partition coefficient (Wildman–Crippen LogP) is 1.55. The number of anilines is 1. The Bertz CT molecular complexity index is 437. The second kappa shape index (κ2) is 4.74. The summed E-state index contributed by atoms with van der Waals surface area (Å²) < 4.78 is 0. The van der Waals surface area contributed by atoms with E-state index in [9.17, 15) is 0 Å². The van der Waals surface area contributed by atoms with E-state index in [1.54, 1.807) is 18.5 Å². The third-order valence-electron chi connectivity index (χ3n) is 2.22. The summed E-state index contributed by atoms with van der Waals surface area (Å²) in [5.41, 5.74) is 2.13. The number of rotatable bonds is 4. The van der Waals surface area contributed by atoms with Crippen LogP contribution < -0.4 is 5.32 Å². The Labute approximate surface area is 94.3 Å². The van der Waals surface area contributed by atoms with E-state index in [2.05, 4.69) is 32.4 Å². The van der Waals surface area contributed by atoms with Gasteiger partial charge < -0.3 is 5.32 Å². The minimum absolute atomic E-state index is 0.255. The molecule has 0 aliphatic carbocycles. The lowest BCUT2D eigenvalue weighted by atomic mass is 10.2. The van der Waals surface area contributed by atoms with E-state index < -0.39 is 0 Å². The van der Waals surface area contributed by atoms with Crippen LogP contribution >= 0.6 is 0 Å². The van der Waals surface area contributed by atoms with Gasteiger partial charge >= 0.3 is 0 Å². The van der Waals surface area contributed by atoms with Crippen molar-refractivity contribution in [1.29, 1.82) is 0 Å². The van der Waals surface area contributed by atoms with Gasteiger partial charge in [0.1, 0.15) is 0 Å². The number of H-pyrrole nitrogens is 1. The first-order valence-electron chi connectivity index (χ1n) is 5.28. The Hall–Kier alpha value is -1.91. The first kappa shape index (κ1) is 10.6. The predicted molar refractivity (Wildman–Crippen MR) is 62.1 cm³/mol. The molecule has 5 heteroatoms. The largest absolute Gasteiger partial charge is 0.351 e. The van der Waals surface area contributed by atoms with Crippen LogP contribution in [0.2, 0.25) is 0 Å². The van der Waals surface area contributed by atoms with Gasteiger partial charge in [0.05, 0.1) is 5.69 Å². The van der Waals surface area contributed by atoms with Crippen LogP contribution in [-0.4, -0.2) is 26.2 Å². The quantitative estimate of drug-likeness (QED) is 0.815. The third-order valence-corrected chi connectivity index (χ3v) is 2.22. The van der Waals surface area contributed by atoms with E-state index in [4.69, 9.17) is 0 Å². The highest BCUT2D eigenvalue weighted by molar-refractivity contribution is 5.24. The number of hydrogen-bond donors (Lipinski definition) is 2. The SMILES string of the molecule is Cc1cc(CC(C)Nc2ncccn2)n[nH]1. The molecule has 0 saturated carbocycles. The van der Waals surface area contributed by atoms with Crippen molar-refractivity contribution < 1.29 is 0 Å². The fourth-order valence-corrected chi connectivity index (χ4v) is 1.54. The zero-order chi connectivity index (χ0) is 11.4. The van der Waals surface area contributed by atoms with Crippen molar-refractivity contribution in [1.82, 2.24) is 20.2 Å². The Morgan fingerprint density at radius 1 is 1.38 bits per heavy atom. The fourth-order valence-electron chi connectivity index (χ4n) is 1.54. The van der Waals surface area contributed by atoms with Crippen molar-refractivity contribution >= 4 is 5.95 Å². The van der Waals surface area contributed by atoms with Crippen molar-refractivity contribution in [2.45, 2.75) is 26.3 Å². The maximum atomic E-state index is 4.19. The Morgan fingerprint density at radius 3 is 2.75 bits per heavy atom. The summed E-state index contributed by atoms with van der Waals surface area (Å²) in [6.45, 7) is 4.08. The minimum Gasteiger partial charge on any atom is -0.351 e. The summed E-state index contributed by atoms with van der Waals surface area (Å²) in [6, 6.07) is 4.10. The van der Waals surface area contributed by atoms with Gasteiger partial charge in [0.25, 0.3) is 0 Å². The van der Waals surface area contributed by atoms with E-state index >= 15 is 0 Å². The molecule has 5 nitrogen and oxygen atoms in total. The summed E-state index contributed by atoms with van der Waals surface area (Å²) in [5, 5.41) is 10.3. The smallest absolute Gasteiger partial charge is 0.222 e. The third kappa shape index (κ3) is 2.79. The van der Waals surface area contributed by atoms with Crippen molar-refractivity contribution in [3.8, 4) is 0 Å². The maximum Gasteiger partial charge on any atom is 0.222 e. The van der Waals surface area contributed by atoms with E-state index in [0.29, 0.717) is 5.95 Å². The molecule has 2 N–H and O–H groups in total. The fraction of sp³-hybridized carbons (Fsp3) is 0.364. The van der Waals surface area contributed by atoms with Crippen molar-refractivity contribution in [3.63, 3.8) is 0 Å². The van der Waals surface area contributed by atoms with Gasteiger partial charge in [0.15, 0.2) is 0 Å². The summed E-state index contributed by atoms with van der Waals surface area (Å²) in [6.07, 6.45) is 4.30. The Morgan fingerprint density at radius 2 is 2.12 bits per heavy atom. The molecular formula is C11H15N5. The molecule has 2 heterocycles. The molecule has 16 heavy (non-hydrogen) atoms. The molecule has 0 amide bonds. The van der Waals surface area contributed by atoms with Gasteiger partial charge in [-0.25, -0.2) is 9.97 Å². The first-order valence-corrected chi connectivity index (χ1v) is 5.28. The average Bonchev–Trinajstić information content (AvgIpc) is 2.65. The summed E-state index contributed by atoms with van der Waals surface area (Å²) >= 11 is 0. The summed E-state index contributed by atoms with van der Waals surface area (Å²) in [7, 11) is 0. The van der Waals surface area contributed by atoms with Gasteiger partial charge in [-0.05, 0) is 26.0 Å². The zero-order valence-electron chi connectivity index (χ0n) is 9.44. The lowest BCUT2D eigenvalue weighted by Crippen LogP contribution is -2.19. The summed E-state index contributed by atoms with van der Waals surface area (Å²) in [5.74, 6) is 0.655. The second-order valence-corrected chi connectivity index (χ2v) is 3.86. The lowest BCUT2D eigenvalue weighted by Gasteiger charge is -2.11. The van der Waals surface area contributed by atoms with Crippen molar-refractivity contribution in [2.24, 2.45) is 0 Å². The van der Waals surface area contributed by atoms with Gasteiger partial charge in [-0.15, -0.1) is 0 Å². The van der Waals surface area contributed by atoms with E-state index in [1.807, 2.05) is 13.0 Å². The molecule has 0 spiro atoms. The second-order valence-electron chi connectivity index (χ2n) is 3.86. The molecule has 1 atom stereocenters. The molecule has 2 aromatic rings. The molecule has 0 fully saturated rings. The molecule has 0 aromatic carbocycles. The van der Waals surface area contributed by atoms with Gasteiger partial charge in [-0.1, -0.05) is 0 Å². The normalized spacial score (nSPS) is 12.4. The van der Waals surface area contributed by atoms with E-state index in [1.165, 1.54) is 0 Å². The van der Waals surface area contributed by atoms with Gasteiger partial charge in [-0.3, -0.25) is 5.10 Å². The molecule has 1 unspecified atom stereocenters. The molecule has 84 valence electrons. The number of aromatic amines is 1. The van der Waals surface area contributed by atoms with Gasteiger partial charge in [-0.2, -0.15) is 5.10 Å².